The molecule has 0 aliphatic heterocycles. The predicted octanol–water partition coefficient (Wildman–Crippen LogP) is 3.06. The molecular formula is C11H13NOS2. The van der Waals surface area contributed by atoms with Gasteiger partial charge in [0, 0.05) is 16.3 Å². The van der Waals surface area contributed by atoms with Gasteiger partial charge in [0.05, 0.1) is 7.11 Å². The van der Waals surface area contributed by atoms with Crippen molar-refractivity contribution in [2.75, 3.05) is 7.11 Å². The minimum absolute atomic E-state index is 0.0773. The maximum Gasteiger partial charge on any atom is 0.129 e. The van der Waals surface area contributed by atoms with Crippen molar-refractivity contribution >= 4 is 22.7 Å². The van der Waals surface area contributed by atoms with Crippen molar-refractivity contribution in [1.82, 2.24) is 0 Å². The van der Waals surface area contributed by atoms with Crippen molar-refractivity contribution < 1.29 is 4.74 Å². The summed E-state index contributed by atoms with van der Waals surface area (Å²) in [5.41, 5.74) is 7.42. The Labute approximate surface area is 97.3 Å². The molecule has 0 aromatic carbocycles. The molecule has 0 saturated carbocycles. The third-order valence-corrected chi connectivity index (χ3v) is 4.01. The van der Waals surface area contributed by atoms with Gasteiger partial charge in [0.1, 0.15) is 5.75 Å². The molecule has 0 aliphatic rings. The van der Waals surface area contributed by atoms with Gasteiger partial charge >= 0.3 is 0 Å². The summed E-state index contributed by atoms with van der Waals surface area (Å²) in [6, 6.07) is 4.21. The van der Waals surface area contributed by atoms with Crippen LogP contribution in [0.3, 0.4) is 0 Å². The molecule has 2 aromatic rings. The first-order valence-electron chi connectivity index (χ1n) is 4.68. The van der Waals surface area contributed by atoms with Crippen LogP contribution >= 0.6 is 22.7 Å². The number of methoxy groups -OCH3 is 1. The molecule has 0 spiro atoms. The predicted molar refractivity (Wildman–Crippen MR) is 65.8 cm³/mol. The van der Waals surface area contributed by atoms with E-state index >= 15 is 0 Å². The summed E-state index contributed by atoms with van der Waals surface area (Å²) < 4.78 is 5.14. The maximum atomic E-state index is 6.11. The Hall–Kier alpha value is -0.840. The largest absolute Gasteiger partial charge is 0.496 e. The van der Waals surface area contributed by atoms with Crippen LogP contribution in [0.2, 0.25) is 0 Å². The first-order valence-corrected chi connectivity index (χ1v) is 6.51. The second kappa shape index (κ2) is 4.79. The molecular weight excluding hydrogens is 226 g/mol. The number of ether oxygens (including phenoxy) is 1. The molecule has 2 rings (SSSR count). The highest BCUT2D eigenvalue weighted by molar-refractivity contribution is 7.10. The summed E-state index contributed by atoms with van der Waals surface area (Å²) in [6.07, 6.45) is 0.896. The van der Waals surface area contributed by atoms with E-state index < -0.39 is 0 Å². The summed E-state index contributed by atoms with van der Waals surface area (Å²) in [5.74, 6) is 0.899. The zero-order valence-electron chi connectivity index (χ0n) is 8.47. The lowest BCUT2D eigenvalue weighted by molar-refractivity contribution is 0.416. The SMILES string of the molecule is COc1csc(C(N)Cc2ccsc2)c1. The standard InChI is InChI=1S/C11H13NOS2/c1-13-9-5-11(15-7-9)10(12)4-8-2-3-14-6-8/h2-3,5-7,10H,4,12H2,1H3. The molecule has 4 heteroatoms. The minimum atomic E-state index is 0.0773. The second-order valence-corrected chi connectivity index (χ2v) is 5.05. The normalized spacial score (nSPS) is 12.7. The van der Waals surface area contributed by atoms with E-state index in [1.165, 1.54) is 10.4 Å². The molecule has 0 aliphatic carbocycles. The summed E-state index contributed by atoms with van der Waals surface area (Å²) in [6.45, 7) is 0. The van der Waals surface area contributed by atoms with Gasteiger partial charge in [-0.25, -0.2) is 0 Å². The van der Waals surface area contributed by atoms with Crippen molar-refractivity contribution in [1.29, 1.82) is 0 Å². The van der Waals surface area contributed by atoms with Crippen LogP contribution in [0.5, 0.6) is 5.75 Å². The van der Waals surface area contributed by atoms with Gasteiger partial charge in [-0.15, -0.1) is 11.3 Å². The number of thiophene rings is 2. The topological polar surface area (TPSA) is 35.2 Å². The quantitative estimate of drug-likeness (QED) is 0.890. The Balaban J connectivity index is 2.04. The summed E-state index contributed by atoms with van der Waals surface area (Å²) >= 11 is 3.37. The van der Waals surface area contributed by atoms with Gasteiger partial charge in [0.25, 0.3) is 0 Å². The molecule has 2 N–H and O–H groups in total. The molecule has 0 saturated heterocycles. The molecule has 2 heterocycles. The van der Waals surface area contributed by atoms with E-state index in [0.29, 0.717) is 0 Å². The Morgan fingerprint density at radius 2 is 2.33 bits per heavy atom. The zero-order valence-corrected chi connectivity index (χ0v) is 10.1. The van der Waals surface area contributed by atoms with Gasteiger partial charge in [0.15, 0.2) is 0 Å². The van der Waals surface area contributed by atoms with Crippen molar-refractivity contribution in [2.45, 2.75) is 12.5 Å². The van der Waals surface area contributed by atoms with E-state index in [0.717, 1.165) is 12.2 Å². The van der Waals surface area contributed by atoms with E-state index in [1.807, 2.05) is 11.4 Å². The summed E-state index contributed by atoms with van der Waals surface area (Å²) in [5, 5.41) is 6.21. The summed E-state index contributed by atoms with van der Waals surface area (Å²) in [4.78, 5) is 1.18. The lowest BCUT2D eigenvalue weighted by atomic mass is 10.1. The molecule has 0 bridgehead atoms. The Bertz CT molecular complexity index is 408. The summed E-state index contributed by atoms with van der Waals surface area (Å²) in [7, 11) is 1.68. The second-order valence-electron chi connectivity index (χ2n) is 3.33. The van der Waals surface area contributed by atoms with E-state index in [9.17, 15) is 0 Å². The van der Waals surface area contributed by atoms with Gasteiger partial charge < -0.3 is 10.5 Å². The number of rotatable bonds is 4. The molecule has 0 radical (unpaired) electrons. The average molecular weight is 239 g/mol. The van der Waals surface area contributed by atoms with E-state index in [1.54, 1.807) is 29.8 Å². The highest BCUT2D eigenvalue weighted by Crippen LogP contribution is 2.27. The van der Waals surface area contributed by atoms with Crippen molar-refractivity contribution in [3.8, 4) is 5.75 Å². The van der Waals surface area contributed by atoms with Crippen molar-refractivity contribution in [2.24, 2.45) is 5.73 Å². The van der Waals surface area contributed by atoms with E-state index in [4.69, 9.17) is 10.5 Å². The fourth-order valence-electron chi connectivity index (χ4n) is 1.40. The van der Waals surface area contributed by atoms with Gasteiger partial charge in [-0.1, -0.05) is 0 Å². The third kappa shape index (κ3) is 2.59. The molecule has 0 amide bonds. The molecule has 80 valence electrons. The maximum absolute atomic E-state index is 6.11. The van der Waals surface area contributed by atoms with Crippen LogP contribution < -0.4 is 10.5 Å². The first kappa shape index (κ1) is 10.7. The average Bonchev–Trinajstić information content (AvgIpc) is 2.86. The third-order valence-electron chi connectivity index (χ3n) is 2.23. The van der Waals surface area contributed by atoms with Crippen LogP contribution in [0.4, 0.5) is 0 Å². The fraction of sp³-hybridized carbons (Fsp3) is 0.273. The van der Waals surface area contributed by atoms with Crippen LogP contribution in [-0.4, -0.2) is 7.11 Å². The van der Waals surface area contributed by atoms with Crippen LogP contribution in [0.15, 0.2) is 28.3 Å². The minimum Gasteiger partial charge on any atom is -0.496 e. The molecule has 2 nitrogen and oxygen atoms in total. The van der Waals surface area contributed by atoms with E-state index in [-0.39, 0.29) is 6.04 Å². The molecule has 15 heavy (non-hydrogen) atoms. The van der Waals surface area contributed by atoms with Gasteiger partial charge in [0.2, 0.25) is 0 Å². The number of hydrogen-bond donors (Lipinski definition) is 1. The van der Waals surface area contributed by atoms with Crippen molar-refractivity contribution in [3.63, 3.8) is 0 Å². The fourth-order valence-corrected chi connectivity index (χ4v) is 2.94. The van der Waals surface area contributed by atoms with Crippen molar-refractivity contribution in [3.05, 3.63) is 38.7 Å². The Morgan fingerprint density at radius 1 is 1.47 bits per heavy atom. The molecule has 0 fully saturated rings. The first-order chi connectivity index (χ1) is 7.29. The highest BCUT2D eigenvalue weighted by atomic mass is 32.1. The number of hydrogen-bond acceptors (Lipinski definition) is 4. The smallest absolute Gasteiger partial charge is 0.129 e. The molecule has 1 atom stereocenters. The highest BCUT2D eigenvalue weighted by Gasteiger charge is 2.10. The zero-order chi connectivity index (χ0) is 10.7. The van der Waals surface area contributed by atoms with Gasteiger partial charge in [-0.2, -0.15) is 11.3 Å². The van der Waals surface area contributed by atoms with Gasteiger partial charge in [-0.3, -0.25) is 0 Å². The Morgan fingerprint density at radius 3 is 2.93 bits per heavy atom. The monoisotopic (exact) mass is 239 g/mol. The van der Waals surface area contributed by atoms with Crippen LogP contribution in [0.1, 0.15) is 16.5 Å². The van der Waals surface area contributed by atoms with E-state index in [2.05, 4.69) is 16.8 Å². The number of nitrogens with two attached hydrogens (primary N) is 1. The molecule has 2 aromatic heterocycles. The van der Waals surface area contributed by atoms with Crippen LogP contribution in [0, 0.1) is 0 Å². The van der Waals surface area contributed by atoms with Crippen LogP contribution in [-0.2, 0) is 6.42 Å². The van der Waals surface area contributed by atoms with Gasteiger partial charge in [-0.05, 0) is 34.9 Å². The Kier molecular flexibility index (Phi) is 3.41. The molecule has 1 unspecified atom stereocenters. The van der Waals surface area contributed by atoms with Crippen LogP contribution in [0.25, 0.3) is 0 Å². The lowest BCUT2D eigenvalue weighted by Gasteiger charge is -2.07. The lowest BCUT2D eigenvalue weighted by Crippen LogP contribution is -2.11.